The molecule has 3 aliphatic rings. The topological polar surface area (TPSA) is 37.4 Å². The average molecular weight is 307 g/mol. The number of likely N-dealkylation sites (tertiary alicyclic amines) is 1. The maximum atomic E-state index is 6.19. The molecule has 0 radical (unpaired) electrons. The van der Waals surface area contributed by atoms with Crippen LogP contribution in [0.1, 0.15) is 55.6 Å². The highest BCUT2D eigenvalue weighted by Crippen LogP contribution is 2.34. The van der Waals surface area contributed by atoms with Crippen molar-refractivity contribution in [3.8, 4) is 5.19 Å². The largest absolute Gasteiger partial charge is 0.467 e. The lowest BCUT2D eigenvalue weighted by atomic mass is 9.90. The van der Waals surface area contributed by atoms with Crippen molar-refractivity contribution >= 4 is 11.3 Å². The Kier molecular flexibility index (Phi) is 3.90. The third-order valence-corrected chi connectivity index (χ3v) is 6.42. The van der Waals surface area contributed by atoms with Crippen LogP contribution in [0.3, 0.4) is 0 Å². The SMILES string of the molecule is CC1NCCc2nc(OC3CCN(C4CCC4)CC3)sc21. The number of nitrogens with zero attached hydrogens (tertiary/aromatic N) is 2. The van der Waals surface area contributed by atoms with E-state index in [9.17, 15) is 0 Å². The minimum Gasteiger partial charge on any atom is -0.467 e. The molecule has 0 spiro atoms. The first-order chi connectivity index (χ1) is 10.3. The average Bonchev–Trinajstić information content (AvgIpc) is 2.83. The third-order valence-electron chi connectivity index (χ3n) is 5.25. The van der Waals surface area contributed by atoms with Crippen molar-refractivity contribution in [1.82, 2.24) is 15.2 Å². The van der Waals surface area contributed by atoms with Crippen molar-refractivity contribution in [2.24, 2.45) is 0 Å². The summed E-state index contributed by atoms with van der Waals surface area (Å²) in [6.07, 6.45) is 7.99. The standard InChI is InChI=1S/C16H25N3OS/c1-11-15-14(5-8-17-11)18-16(21-15)20-13-6-9-19(10-7-13)12-3-2-4-12/h11-13,17H,2-10H2,1H3. The first kappa shape index (κ1) is 14.0. The van der Waals surface area contributed by atoms with E-state index in [4.69, 9.17) is 9.72 Å². The van der Waals surface area contributed by atoms with Crippen molar-refractivity contribution in [3.63, 3.8) is 0 Å². The second-order valence-electron chi connectivity index (χ2n) is 6.65. The number of aromatic nitrogens is 1. The van der Waals surface area contributed by atoms with Gasteiger partial charge in [-0.1, -0.05) is 17.8 Å². The van der Waals surface area contributed by atoms with Gasteiger partial charge in [0, 0.05) is 43.0 Å². The maximum Gasteiger partial charge on any atom is 0.273 e. The van der Waals surface area contributed by atoms with Crippen molar-refractivity contribution in [2.45, 2.75) is 63.6 Å². The Balaban J connectivity index is 1.34. The first-order valence-corrected chi connectivity index (χ1v) is 9.25. The number of rotatable bonds is 3. The normalized spacial score (nSPS) is 28.1. The smallest absolute Gasteiger partial charge is 0.273 e. The predicted molar refractivity (Wildman–Crippen MR) is 85.1 cm³/mol. The van der Waals surface area contributed by atoms with E-state index in [-0.39, 0.29) is 0 Å². The zero-order valence-corrected chi connectivity index (χ0v) is 13.6. The van der Waals surface area contributed by atoms with Gasteiger partial charge in [-0.3, -0.25) is 0 Å². The van der Waals surface area contributed by atoms with E-state index >= 15 is 0 Å². The number of hydrogen-bond acceptors (Lipinski definition) is 5. The van der Waals surface area contributed by atoms with Crippen molar-refractivity contribution in [1.29, 1.82) is 0 Å². The van der Waals surface area contributed by atoms with Crippen LogP contribution >= 0.6 is 11.3 Å². The summed E-state index contributed by atoms with van der Waals surface area (Å²) >= 11 is 1.75. The van der Waals surface area contributed by atoms with Gasteiger partial charge in [0.2, 0.25) is 0 Å². The molecule has 5 heteroatoms. The fourth-order valence-electron chi connectivity index (χ4n) is 3.66. The highest BCUT2D eigenvalue weighted by Gasteiger charge is 2.30. The van der Waals surface area contributed by atoms with Gasteiger partial charge in [-0.15, -0.1) is 0 Å². The van der Waals surface area contributed by atoms with Crippen LogP contribution in [0.25, 0.3) is 0 Å². The van der Waals surface area contributed by atoms with Gasteiger partial charge in [-0.05, 0) is 32.6 Å². The predicted octanol–water partition coefficient (Wildman–Crippen LogP) is 2.75. The minimum absolute atomic E-state index is 0.372. The quantitative estimate of drug-likeness (QED) is 0.932. The minimum atomic E-state index is 0.372. The number of thiazole rings is 1. The highest BCUT2D eigenvalue weighted by atomic mass is 32.1. The molecule has 1 saturated heterocycles. The van der Waals surface area contributed by atoms with E-state index < -0.39 is 0 Å². The van der Waals surface area contributed by atoms with Gasteiger partial charge in [0.1, 0.15) is 6.10 Å². The van der Waals surface area contributed by atoms with Gasteiger partial charge in [-0.25, -0.2) is 4.98 Å². The molecule has 21 heavy (non-hydrogen) atoms. The molecule has 1 aromatic heterocycles. The van der Waals surface area contributed by atoms with Crippen molar-refractivity contribution < 1.29 is 4.74 Å². The fraction of sp³-hybridized carbons (Fsp3) is 0.812. The fourth-order valence-corrected chi connectivity index (χ4v) is 4.72. The maximum absolute atomic E-state index is 6.19. The van der Waals surface area contributed by atoms with Gasteiger partial charge in [0.15, 0.2) is 0 Å². The number of nitrogens with one attached hydrogen (secondary N) is 1. The van der Waals surface area contributed by atoms with Crippen LogP contribution in [-0.4, -0.2) is 41.7 Å². The molecule has 1 aliphatic carbocycles. The summed E-state index contributed by atoms with van der Waals surface area (Å²) in [6.45, 7) is 5.67. The first-order valence-electron chi connectivity index (χ1n) is 8.43. The summed E-state index contributed by atoms with van der Waals surface area (Å²) in [5, 5.41) is 4.40. The molecular weight excluding hydrogens is 282 g/mol. The van der Waals surface area contributed by atoms with E-state index in [0.29, 0.717) is 12.1 Å². The Bertz CT molecular complexity index is 492. The lowest BCUT2D eigenvalue weighted by molar-refractivity contribution is 0.0492. The van der Waals surface area contributed by atoms with Gasteiger partial charge < -0.3 is 15.0 Å². The second-order valence-corrected chi connectivity index (χ2v) is 7.65. The number of hydrogen-bond donors (Lipinski definition) is 1. The molecule has 4 rings (SSSR count). The third kappa shape index (κ3) is 2.83. The Morgan fingerprint density at radius 3 is 2.71 bits per heavy atom. The molecule has 1 atom stereocenters. The monoisotopic (exact) mass is 307 g/mol. The zero-order valence-electron chi connectivity index (χ0n) is 12.8. The van der Waals surface area contributed by atoms with E-state index in [1.807, 2.05) is 0 Å². The number of piperidine rings is 1. The lowest BCUT2D eigenvalue weighted by Gasteiger charge is -2.41. The Morgan fingerprint density at radius 2 is 2.05 bits per heavy atom. The molecule has 1 N–H and O–H groups in total. The molecule has 3 heterocycles. The van der Waals surface area contributed by atoms with E-state index in [1.54, 1.807) is 11.3 Å². The van der Waals surface area contributed by atoms with Gasteiger partial charge >= 0.3 is 0 Å². The number of ether oxygens (including phenoxy) is 1. The van der Waals surface area contributed by atoms with E-state index in [2.05, 4.69) is 17.1 Å². The van der Waals surface area contributed by atoms with Gasteiger partial charge in [-0.2, -0.15) is 0 Å². The lowest BCUT2D eigenvalue weighted by Crippen LogP contribution is -2.46. The van der Waals surface area contributed by atoms with E-state index in [1.165, 1.54) is 42.9 Å². The second kappa shape index (κ2) is 5.86. The van der Waals surface area contributed by atoms with Crippen LogP contribution in [0, 0.1) is 0 Å². The molecule has 1 aromatic rings. The van der Waals surface area contributed by atoms with E-state index in [0.717, 1.165) is 37.0 Å². The number of fused-ring (bicyclic) bond motifs is 1. The van der Waals surface area contributed by atoms with Crippen LogP contribution in [0.5, 0.6) is 5.19 Å². The molecule has 1 unspecified atom stereocenters. The molecule has 1 saturated carbocycles. The van der Waals surface area contributed by atoms with Crippen molar-refractivity contribution in [3.05, 3.63) is 10.6 Å². The Labute approximate surface area is 130 Å². The Morgan fingerprint density at radius 1 is 1.24 bits per heavy atom. The van der Waals surface area contributed by atoms with Gasteiger partial charge in [0.25, 0.3) is 5.19 Å². The molecule has 2 aliphatic heterocycles. The summed E-state index contributed by atoms with van der Waals surface area (Å²) in [4.78, 5) is 8.77. The molecule has 2 fully saturated rings. The summed E-state index contributed by atoms with van der Waals surface area (Å²) in [5.74, 6) is 0. The summed E-state index contributed by atoms with van der Waals surface area (Å²) in [5.41, 5.74) is 1.26. The van der Waals surface area contributed by atoms with Crippen LogP contribution < -0.4 is 10.1 Å². The summed E-state index contributed by atoms with van der Waals surface area (Å²) in [7, 11) is 0. The molecule has 0 aromatic carbocycles. The van der Waals surface area contributed by atoms with Crippen LogP contribution in [0.15, 0.2) is 0 Å². The zero-order chi connectivity index (χ0) is 14.2. The summed E-state index contributed by atoms with van der Waals surface area (Å²) < 4.78 is 6.19. The Hall–Kier alpha value is -0.650. The molecular formula is C16H25N3OS. The molecule has 4 nitrogen and oxygen atoms in total. The molecule has 0 amide bonds. The van der Waals surface area contributed by atoms with Crippen LogP contribution in [0.4, 0.5) is 0 Å². The van der Waals surface area contributed by atoms with Gasteiger partial charge in [0.05, 0.1) is 5.69 Å². The molecule has 0 bridgehead atoms. The van der Waals surface area contributed by atoms with Crippen LogP contribution in [0.2, 0.25) is 0 Å². The van der Waals surface area contributed by atoms with Crippen LogP contribution in [-0.2, 0) is 6.42 Å². The van der Waals surface area contributed by atoms with Crippen molar-refractivity contribution in [2.75, 3.05) is 19.6 Å². The highest BCUT2D eigenvalue weighted by molar-refractivity contribution is 7.13. The molecule has 116 valence electrons. The summed E-state index contributed by atoms with van der Waals surface area (Å²) in [6, 6.07) is 1.31.